The van der Waals surface area contributed by atoms with E-state index in [1.54, 1.807) is 11.8 Å². The van der Waals surface area contributed by atoms with E-state index < -0.39 is 5.72 Å². The number of para-hydroxylation sites is 1. The number of hydrogen-bond donors (Lipinski definition) is 1. The summed E-state index contributed by atoms with van der Waals surface area (Å²) in [6, 6.07) is 27.8. The van der Waals surface area contributed by atoms with Gasteiger partial charge in [0.2, 0.25) is 0 Å². The quantitative estimate of drug-likeness (QED) is 0.448. The Morgan fingerprint density at radius 2 is 1.62 bits per heavy atom. The predicted octanol–water partition coefficient (Wildman–Crippen LogP) is 6.48. The Labute approximate surface area is 183 Å². The van der Waals surface area contributed by atoms with Crippen molar-refractivity contribution in [2.24, 2.45) is 4.99 Å². The molecule has 146 valence electrons. The number of nitrogens with zero attached hydrogens (tertiary/aromatic N) is 2. The first-order valence-corrected chi connectivity index (χ1v) is 11.1. The van der Waals surface area contributed by atoms with Crippen molar-refractivity contribution < 1.29 is 5.11 Å². The second-order valence-corrected chi connectivity index (χ2v) is 8.77. The number of halogens is 1. The second-order valence-electron chi connectivity index (χ2n) is 6.85. The first kappa shape index (κ1) is 20.0. The van der Waals surface area contributed by atoms with Crippen molar-refractivity contribution in [1.29, 1.82) is 0 Å². The average Bonchev–Trinajstić information content (AvgIpc) is 3.08. The minimum Gasteiger partial charge on any atom is -0.366 e. The number of benzene rings is 3. The summed E-state index contributed by atoms with van der Waals surface area (Å²) in [5.74, 6) is 0.545. The summed E-state index contributed by atoms with van der Waals surface area (Å²) < 4.78 is 1.03. The number of thioether (sulfide) groups is 1. The molecule has 1 aliphatic heterocycles. The van der Waals surface area contributed by atoms with E-state index in [-0.39, 0.29) is 0 Å². The van der Waals surface area contributed by atoms with E-state index in [1.165, 1.54) is 0 Å². The van der Waals surface area contributed by atoms with Gasteiger partial charge in [0.05, 0.1) is 16.5 Å². The van der Waals surface area contributed by atoms with Crippen LogP contribution in [-0.2, 0) is 5.72 Å². The van der Waals surface area contributed by atoms with Gasteiger partial charge in [-0.2, -0.15) is 0 Å². The summed E-state index contributed by atoms with van der Waals surface area (Å²) in [7, 11) is 0. The molecule has 3 aromatic rings. The Balaban J connectivity index is 1.74. The second kappa shape index (κ2) is 8.57. The van der Waals surface area contributed by atoms with Crippen LogP contribution in [0.25, 0.3) is 0 Å². The number of aliphatic imine (C=N–C) groups is 1. The Hall–Kier alpha value is -2.34. The van der Waals surface area contributed by atoms with Crippen LogP contribution >= 0.6 is 27.7 Å². The molecule has 1 aliphatic rings. The zero-order valence-electron chi connectivity index (χ0n) is 16.0. The van der Waals surface area contributed by atoms with Crippen molar-refractivity contribution in [2.45, 2.75) is 12.6 Å². The van der Waals surface area contributed by atoms with E-state index in [1.807, 2.05) is 103 Å². The number of allylic oxidation sites excluding steroid dienone is 1. The fraction of sp³-hybridized carbons (Fsp3) is 0.125. The molecule has 1 atom stereocenters. The highest BCUT2D eigenvalue weighted by Gasteiger charge is 2.44. The molecule has 0 aromatic heterocycles. The maximum atomic E-state index is 11.7. The molecule has 0 bridgehead atoms. The molecule has 3 nitrogen and oxygen atoms in total. The molecule has 1 heterocycles. The molecule has 1 fully saturated rings. The SMILES string of the molecule is CC(/C=C1\SC[C@](O)(c2ccccc2)N1c1ccccc1)=Nc1ccc(Br)cc1. The molecule has 0 spiro atoms. The monoisotopic (exact) mass is 464 g/mol. The predicted molar refractivity (Wildman–Crippen MR) is 127 cm³/mol. The van der Waals surface area contributed by atoms with Crippen LogP contribution in [-0.4, -0.2) is 16.6 Å². The molecule has 5 heteroatoms. The van der Waals surface area contributed by atoms with Gasteiger partial charge in [-0.25, -0.2) is 0 Å². The van der Waals surface area contributed by atoms with Gasteiger partial charge < -0.3 is 10.0 Å². The van der Waals surface area contributed by atoms with E-state index in [2.05, 4.69) is 15.9 Å². The van der Waals surface area contributed by atoms with Crippen molar-refractivity contribution in [2.75, 3.05) is 10.7 Å². The van der Waals surface area contributed by atoms with E-state index in [9.17, 15) is 5.11 Å². The molecule has 0 unspecified atom stereocenters. The molecule has 1 saturated heterocycles. The first-order valence-electron chi connectivity index (χ1n) is 9.35. The third-order valence-corrected chi connectivity index (χ3v) is 6.40. The fourth-order valence-corrected chi connectivity index (χ4v) is 4.91. The van der Waals surface area contributed by atoms with Crippen molar-refractivity contribution in [3.8, 4) is 0 Å². The van der Waals surface area contributed by atoms with Crippen molar-refractivity contribution in [1.82, 2.24) is 0 Å². The van der Waals surface area contributed by atoms with Gasteiger partial charge in [0.25, 0.3) is 0 Å². The van der Waals surface area contributed by atoms with Gasteiger partial charge in [0, 0.05) is 21.4 Å². The molecule has 0 radical (unpaired) electrons. The van der Waals surface area contributed by atoms with Crippen LogP contribution in [0.1, 0.15) is 12.5 Å². The average molecular weight is 465 g/mol. The lowest BCUT2D eigenvalue weighted by molar-refractivity contribution is 0.0721. The maximum Gasteiger partial charge on any atom is 0.178 e. The molecule has 0 aliphatic carbocycles. The summed E-state index contributed by atoms with van der Waals surface area (Å²) in [6.07, 6.45) is 2.04. The van der Waals surface area contributed by atoms with Crippen LogP contribution in [0.5, 0.6) is 0 Å². The van der Waals surface area contributed by atoms with Crippen molar-refractivity contribution >= 4 is 44.8 Å². The molecule has 29 heavy (non-hydrogen) atoms. The minimum atomic E-state index is -1.11. The van der Waals surface area contributed by atoms with Crippen LogP contribution in [0, 0.1) is 0 Å². The van der Waals surface area contributed by atoms with Crippen LogP contribution in [0.15, 0.2) is 105 Å². The van der Waals surface area contributed by atoms with E-state index >= 15 is 0 Å². The van der Waals surface area contributed by atoms with Gasteiger partial charge in [-0.3, -0.25) is 4.99 Å². The van der Waals surface area contributed by atoms with Crippen molar-refractivity contribution in [3.05, 3.63) is 106 Å². The number of rotatable bonds is 4. The Morgan fingerprint density at radius 1 is 1.00 bits per heavy atom. The largest absolute Gasteiger partial charge is 0.366 e. The van der Waals surface area contributed by atoms with Gasteiger partial charge in [0.1, 0.15) is 0 Å². The maximum absolute atomic E-state index is 11.7. The van der Waals surface area contributed by atoms with Crippen LogP contribution in [0.4, 0.5) is 11.4 Å². The molecular formula is C24H21BrN2OS. The number of anilines is 1. The number of hydrogen-bond acceptors (Lipinski definition) is 4. The van der Waals surface area contributed by atoms with Gasteiger partial charge in [-0.05, 0) is 49.4 Å². The highest BCUT2D eigenvalue weighted by atomic mass is 79.9. The van der Waals surface area contributed by atoms with Gasteiger partial charge in [0.15, 0.2) is 5.72 Å². The zero-order chi connectivity index (χ0) is 20.3. The van der Waals surface area contributed by atoms with Crippen LogP contribution in [0.2, 0.25) is 0 Å². The van der Waals surface area contributed by atoms with Gasteiger partial charge in [-0.15, -0.1) is 11.8 Å². The minimum absolute atomic E-state index is 0.545. The Kier molecular flexibility index (Phi) is 5.90. The van der Waals surface area contributed by atoms with E-state index in [0.717, 1.165) is 32.2 Å². The highest BCUT2D eigenvalue weighted by Crippen LogP contribution is 2.47. The van der Waals surface area contributed by atoms with Crippen LogP contribution in [0.3, 0.4) is 0 Å². The fourth-order valence-electron chi connectivity index (χ4n) is 3.36. The molecule has 4 rings (SSSR count). The normalized spacial score (nSPS) is 21.0. The van der Waals surface area contributed by atoms with E-state index in [0.29, 0.717) is 5.75 Å². The molecule has 0 amide bonds. The lowest BCUT2D eigenvalue weighted by Crippen LogP contribution is -2.42. The number of aliphatic hydroxyl groups is 1. The highest BCUT2D eigenvalue weighted by molar-refractivity contribution is 9.10. The molecule has 1 N–H and O–H groups in total. The molecular weight excluding hydrogens is 444 g/mol. The lowest BCUT2D eigenvalue weighted by Gasteiger charge is -2.35. The summed E-state index contributed by atoms with van der Waals surface area (Å²) in [4.78, 5) is 6.72. The summed E-state index contributed by atoms with van der Waals surface area (Å²) >= 11 is 5.09. The topological polar surface area (TPSA) is 35.8 Å². The lowest BCUT2D eigenvalue weighted by atomic mass is 10.0. The standard InChI is InChI=1S/C24H21BrN2OS/c1-18(26-21-14-12-20(25)13-15-21)16-23-27(22-10-6-3-7-11-22)24(28,17-29-23)19-8-4-2-5-9-19/h2-16,28H,17H2,1H3/b23-16-,26-18?/t24-/m0/s1. The molecule has 0 saturated carbocycles. The van der Waals surface area contributed by atoms with Crippen LogP contribution < -0.4 is 4.90 Å². The first-order chi connectivity index (χ1) is 14.1. The summed E-state index contributed by atoms with van der Waals surface area (Å²) in [5, 5.41) is 12.7. The smallest absolute Gasteiger partial charge is 0.178 e. The van der Waals surface area contributed by atoms with Crippen molar-refractivity contribution in [3.63, 3.8) is 0 Å². The molecule has 3 aromatic carbocycles. The third kappa shape index (κ3) is 4.32. The summed E-state index contributed by atoms with van der Waals surface area (Å²) in [6.45, 7) is 1.98. The Bertz CT molecular complexity index is 1040. The summed E-state index contributed by atoms with van der Waals surface area (Å²) in [5.41, 5.74) is 2.49. The third-order valence-electron chi connectivity index (χ3n) is 4.73. The van der Waals surface area contributed by atoms with E-state index in [4.69, 9.17) is 4.99 Å². The zero-order valence-corrected chi connectivity index (χ0v) is 18.4. The van der Waals surface area contributed by atoms with Gasteiger partial charge in [-0.1, -0.05) is 64.5 Å². The van der Waals surface area contributed by atoms with Gasteiger partial charge >= 0.3 is 0 Å². The Morgan fingerprint density at radius 3 is 2.28 bits per heavy atom.